The van der Waals surface area contributed by atoms with Gasteiger partial charge in [-0.15, -0.1) is 0 Å². The highest BCUT2D eigenvalue weighted by Gasteiger charge is 2.43. The molecule has 1 amide bonds. The van der Waals surface area contributed by atoms with E-state index in [4.69, 9.17) is 5.11 Å². The van der Waals surface area contributed by atoms with E-state index >= 15 is 0 Å². The zero-order valence-corrected chi connectivity index (χ0v) is 10.3. The van der Waals surface area contributed by atoms with Gasteiger partial charge in [0.25, 0.3) is 0 Å². The van der Waals surface area contributed by atoms with Gasteiger partial charge in [-0.3, -0.25) is 0 Å². The number of hydrogen-bond donors (Lipinski definition) is 3. The smallest absolute Gasteiger partial charge is 0.405 e. The Bertz CT molecular complexity index is 220. The van der Waals surface area contributed by atoms with Crippen molar-refractivity contribution in [2.75, 3.05) is 6.61 Å². The highest BCUT2D eigenvalue weighted by molar-refractivity contribution is 5.65. The fraction of sp³-hybridized carbons (Fsp3) is 0.909. The van der Waals surface area contributed by atoms with Crippen molar-refractivity contribution in [1.29, 1.82) is 0 Å². The van der Waals surface area contributed by atoms with E-state index in [1.165, 1.54) is 0 Å². The topological polar surface area (TPSA) is 69.6 Å². The maximum absolute atomic E-state index is 10.8. The first-order chi connectivity index (χ1) is 6.64. The van der Waals surface area contributed by atoms with E-state index in [2.05, 4.69) is 5.32 Å². The minimum Gasteiger partial charge on any atom is -0.465 e. The molecule has 3 N–H and O–H groups in total. The molecule has 1 atom stereocenters. The maximum atomic E-state index is 10.8. The van der Waals surface area contributed by atoms with Crippen molar-refractivity contribution in [3.63, 3.8) is 0 Å². The Hall–Kier alpha value is -0.770. The molecule has 4 nitrogen and oxygen atoms in total. The average Bonchev–Trinajstić information content (AvgIpc) is 1.98. The summed E-state index contributed by atoms with van der Waals surface area (Å²) < 4.78 is 0. The van der Waals surface area contributed by atoms with Crippen LogP contribution in [0, 0.1) is 11.3 Å². The standard InChI is InChI=1S/C11H23NO3/c1-8(2)6-11(7-13,10(3,4)5)12-9(14)15/h8,12-13H,6-7H2,1-5H3,(H,14,15)/t11-/m0/s1. The SMILES string of the molecule is CC(C)C[C@@](CO)(NC(=O)O)C(C)(C)C. The summed E-state index contributed by atoms with van der Waals surface area (Å²) in [5.74, 6) is 0.322. The van der Waals surface area contributed by atoms with Crippen LogP contribution in [0.15, 0.2) is 0 Å². The molecule has 4 heteroatoms. The Morgan fingerprint density at radius 2 is 1.80 bits per heavy atom. The summed E-state index contributed by atoms with van der Waals surface area (Å²) in [5.41, 5.74) is -1.09. The molecule has 0 aromatic heterocycles. The molecule has 0 fully saturated rings. The van der Waals surface area contributed by atoms with E-state index in [1.807, 2.05) is 34.6 Å². The maximum Gasteiger partial charge on any atom is 0.405 e. The Kier molecular flexibility index (Phi) is 4.59. The number of hydrogen-bond acceptors (Lipinski definition) is 2. The van der Waals surface area contributed by atoms with Crippen LogP contribution in [0.4, 0.5) is 4.79 Å². The van der Waals surface area contributed by atoms with Gasteiger partial charge < -0.3 is 15.5 Å². The van der Waals surface area contributed by atoms with Crippen molar-refractivity contribution in [2.24, 2.45) is 11.3 Å². The molecular formula is C11H23NO3. The zero-order chi connectivity index (χ0) is 12.3. The molecule has 0 aromatic rings. The lowest BCUT2D eigenvalue weighted by Crippen LogP contribution is -2.60. The van der Waals surface area contributed by atoms with Crippen LogP contribution >= 0.6 is 0 Å². The Morgan fingerprint density at radius 1 is 1.33 bits per heavy atom. The number of nitrogens with one attached hydrogen (secondary N) is 1. The van der Waals surface area contributed by atoms with Crippen molar-refractivity contribution >= 4 is 6.09 Å². The molecule has 0 saturated carbocycles. The fourth-order valence-corrected chi connectivity index (χ4v) is 1.79. The Morgan fingerprint density at radius 3 is 2.00 bits per heavy atom. The molecule has 0 aliphatic carbocycles. The minimum atomic E-state index is -1.08. The first-order valence-electron chi connectivity index (χ1n) is 5.26. The van der Waals surface area contributed by atoms with Crippen LogP contribution in [0.2, 0.25) is 0 Å². The molecule has 0 spiro atoms. The van der Waals surface area contributed by atoms with Gasteiger partial charge in [0, 0.05) is 0 Å². The molecule has 0 saturated heterocycles. The molecule has 0 aromatic carbocycles. The number of rotatable bonds is 4. The summed E-state index contributed by atoms with van der Waals surface area (Å²) in [6.07, 6.45) is -0.459. The Balaban J connectivity index is 5.02. The molecule has 0 aliphatic rings. The summed E-state index contributed by atoms with van der Waals surface area (Å²) in [4.78, 5) is 10.8. The van der Waals surface area contributed by atoms with E-state index in [0.29, 0.717) is 12.3 Å². The van der Waals surface area contributed by atoms with Crippen LogP contribution in [0.3, 0.4) is 0 Å². The van der Waals surface area contributed by atoms with Crippen LogP contribution in [0.1, 0.15) is 41.0 Å². The van der Waals surface area contributed by atoms with Gasteiger partial charge in [-0.2, -0.15) is 0 Å². The third-order valence-electron chi connectivity index (χ3n) is 2.81. The largest absolute Gasteiger partial charge is 0.465 e. The van der Waals surface area contributed by atoms with E-state index in [-0.39, 0.29) is 12.0 Å². The highest BCUT2D eigenvalue weighted by Crippen LogP contribution is 2.35. The van der Waals surface area contributed by atoms with Crippen LogP contribution in [0.5, 0.6) is 0 Å². The summed E-state index contributed by atoms with van der Waals surface area (Å²) >= 11 is 0. The molecule has 0 unspecified atom stereocenters. The van der Waals surface area contributed by atoms with Crippen molar-refractivity contribution < 1.29 is 15.0 Å². The van der Waals surface area contributed by atoms with Gasteiger partial charge in [-0.05, 0) is 17.8 Å². The second-order valence-electron chi connectivity index (χ2n) is 5.52. The van der Waals surface area contributed by atoms with Crippen LogP contribution < -0.4 is 5.32 Å². The zero-order valence-electron chi connectivity index (χ0n) is 10.3. The first-order valence-corrected chi connectivity index (χ1v) is 5.26. The van der Waals surface area contributed by atoms with E-state index in [0.717, 1.165) is 0 Å². The monoisotopic (exact) mass is 217 g/mol. The second-order valence-corrected chi connectivity index (χ2v) is 5.52. The van der Waals surface area contributed by atoms with Gasteiger partial charge >= 0.3 is 6.09 Å². The quantitative estimate of drug-likeness (QED) is 0.675. The third kappa shape index (κ3) is 3.70. The third-order valence-corrected chi connectivity index (χ3v) is 2.81. The summed E-state index contributed by atoms with van der Waals surface area (Å²) in [5, 5.41) is 20.8. The van der Waals surface area contributed by atoms with Crippen molar-refractivity contribution in [2.45, 2.75) is 46.6 Å². The van der Waals surface area contributed by atoms with Gasteiger partial charge in [0.2, 0.25) is 0 Å². The van der Waals surface area contributed by atoms with E-state index in [1.54, 1.807) is 0 Å². The fourth-order valence-electron chi connectivity index (χ4n) is 1.79. The molecule has 0 radical (unpaired) electrons. The number of aliphatic hydroxyl groups excluding tert-OH is 1. The normalized spacial score (nSPS) is 16.2. The lowest BCUT2D eigenvalue weighted by molar-refractivity contribution is 0.0424. The number of carbonyl (C=O) groups is 1. The van der Waals surface area contributed by atoms with Gasteiger partial charge in [-0.25, -0.2) is 4.79 Å². The van der Waals surface area contributed by atoms with Crippen molar-refractivity contribution in [3.05, 3.63) is 0 Å². The lowest BCUT2D eigenvalue weighted by atomic mass is 9.70. The predicted octanol–water partition coefficient (Wildman–Crippen LogP) is 2.08. The van der Waals surface area contributed by atoms with Gasteiger partial charge in [0.15, 0.2) is 0 Å². The van der Waals surface area contributed by atoms with Gasteiger partial charge in [0.05, 0.1) is 12.1 Å². The molecule has 0 aliphatic heterocycles. The lowest BCUT2D eigenvalue weighted by Gasteiger charge is -2.44. The van der Waals surface area contributed by atoms with Crippen LogP contribution in [-0.2, 0) is 0 Å². The second kappa shape index (κ2) is 4.84. The average molecular weight is 217 g/mol. The summed E-state index contributed by atoms with van der Waals surface area (Å²) in [6, 6.07) is 0. The van der Waals surface area contributed by atoms with Gasteiger partial charge in [0.1, 0.15) is 0 Å². The number of amides is 1. The number of aliphatic hydroxyl groups is 1. The molecular weight excluding hydrogens is 194 g/mol. The molecule has 15 heavy (non-hydrogen) atoms. The van der Waals surface area contributed by atoms with Crippen LogP contribution in [-0.4, -0.2) is 28.5 Å². The first kappa shape index (κ1) is 14.2. The van der Waals surface area contributed by atoms with Crippen molar-refractivity contribution in [1.82, 2.24) is 5.32 Å². The Labute approximate surface area is 91.7 Å². The highest BCUT2D eigenvalue weighted by atomic mass is 16.4. The minimum absolute atomic E-state index is 0.180. The summed E-state index contributed by atoms with van der Waals surface area (Å²) in [7, 11) is 0. The van der Waals surface area contributed by atoms with Gasteiger partial charge in [-0.1, -0.05) is 34.6 Å². The predicted molar refractivity (Wildman–Crippen MR) is 59.9 cm³/mol. The van der Waals surface area contributed by atoms with E-state index in [9.17, 15) is 9.90 Å². The number of carboxylic acid groups (broad SMARTS) is 1. The van der Waals surface area contributed by atoms with E-state index < -0.39 is 11.6 Å². The molecule has 0 bridgehead atoms. The van der Waals surface area contributed by atoms with Crippen LogP contribution in [0.25, 0.3) is 0 Å². The molecule has 0 heterocycles. The molecule has 0 rings (SSSR count). The van der Waals surface area contributed by atoms with Crippen molar-refractivity contribution in [3.8, 4) is 0 Å². The molecule has 90 valence electrons. The summed E-state index contributed by atoms with van der Waals surface area (Å²) in [6.45, 7) is 9.64.